The molecule has 1 atom stereocenters. The molecule has 1 heterocycles. The molecule has 0 radical (unpaired) electrons. The highest BCUT2D eigenvalue weighted by molar-refractivity contribution is 8.23. The zero-order valence-corrected chi connectivity index (χ0v) is 15.3. The quantitative estimate of drug-likeness (QED) is 0.245. The number of methoxy groups -OCH3 is 1. The molecule has 0 aliphatic carbocycles. The minimum Gasteiger partial charge on any atom is -0.503 e. The van der Waals surface area contributed by atoms with Gasteiger partial charge in [0.05, 0.1) is 23.5 Å². The van der Waals surface area contributed by atoms with E-state index in [2.05, 4.69) is 15.0 Å². The number of ether oxygens (including phenoxy) is 1. The molecular formula is C17H17N3O3S2. The normalized spacial score (nSPS) is 13.0. The van der Waals surface area contributed by atoms with Gasteiger partial charge in [-0.15, -0.1) is 11.8 Å². The first-order chi connectivity index (χ1) is 12.2. The van der Waals surface area contributed by atoms with E-state index in [1.165, 1.54) is 25.1 Å². The van der Waals surface area contributed by atoms with Gasteiger partial charge in [0.1, 0.15) is 5.57 Å². The van der Waals surface area contributed by atoms with Crippen LogP contribution in [0.15, 0.2) is 54.0 Å². The van der Waals surface area contributed by atoms with Crippen LogP contribution in [0.4, 0.5) is 5.95 Å². The molecule has 25 heavy (non-hydrogen) atoms. The molecule has 1 aromatic heterocycles. The third kappa shape index (κ3) is 5.33. The molecule has 0 saturated heterocycles. The molecule has 0 aliphatic heterocycles. The smallest absolute Gasteiger partial charge is 0.339 e. The number of hydrogen-bond acceptors (Lipinski definition) is 7. The maximum atomic E-state index is 11.5. The largest absolute Gasteiger partial charge is 0.503 e. The van der Waals surface area contributed by atoms with Gasteiger partial charge in [-0.2, -0.15) is 0 Å². The summed E-state index contributed by atoms with van der Waals surface area (Å²) < 4.78 is 4.89. The van der Waals surface area contributed by atoms with Gasteiger partial charge in [0.2, 0.25) is 5.95 Å². The van der Waals surface area contributed by atoms with E-state index in [0.29, 0.717) is 11.5 Å². The first-order valence-corrected chi connectivity index (χ1v) is 9.43. The van der Waals surface area contributed by atoms with Crippen molar-refractivity contribution >= 4 is 46.6 Å². The van der Waals surface area contributed by atoms with E-state index in [0.717, 1.165) is 5.56 Å². The predicted octanol–water partition coefficient (Wildman–Crippen LogP) is 4.00. The molecule has 130 valence electrons. The average Bonchev–Trinajstić information content (AvgIpc) is 2.64. The number of hydrogen-bond donors (Lipinski definition) is 1. The van der Waals surface area contributed by atoms with Crippen molar-refractivity contribution in [1.82, 2.24) is 9.97 Å². The molecule has 1 unspecified atom stereocenters. The topological polar surface area (TPSA) is 84.7 Å². The van der Waals surface area contributed by atoms with Crippen molar-refractivity contribution in [2.75, 3.05) is 13.4 Å². The summed E-state index contributed by atoms with van der Waals surface area (Å²) in [6, 6.07) is 9.09. The molecule has 0 fully saturated rings. The summed E-state index contributed by atoms with van der Waals surface area (Å²) in [7, 11) is 1.43. The van der Waals surface area contributed by atoms with Gasteiger partial charge in [-0.05, 0) is 23.4 Å². The molecule has 0 spiro atoms. The highest BCUT2D eigenvalue weighted by Crippen LogP contribution is 2.40. The second-order valence-electron chi connectivity index (χ2n) is 4.65. The number of aromatic nitrogens is 2. The summed E-state index contributed by atoms with van der Waals surface area (Å²) in [6.07, 6.45) is 6.46. The van der Waals surface area contributed by atoms with Crippen molar-refractivity contribution in [2.45, 2.75) is 4.58 Å². The molecule has 0 saturated carbocycles. The summed E-state index contributed by atoms with van der Waals surface area (Å²) >= 11 is 3.05. The van der Waals surface area contributed by atoms with Gasteiger partial charge in [-0.1, -0.05) is 36.0 Å². The molecule has 1 aromatic carbocycles. The number of aliphatic imine (C=N–C) groups is 1. The number of carboxylic acid groups (broad SMARTS) is 1. The zero-order valence-electron chi connectivity index (χ0n) is 13.7. The fourth-order valence-electron chi connectivity index (χ4n) is 2.04. The lowest BCUT2D eigenvalue weighted by Crippen LogP contribution is -2.04. The number of aliphatic carboxylic acids is 1. The van der Waals surface area contributed by atoms with E-state index >= 15 is 0 Å². The van der Waals surface area contributed by atoms with Gasteiger partial charge in [0.15, 0.2) is 0 Å². The monoisotopic (exact) mass is 375 g/mol. The van der Waals surface area contributed by atoms with Crippen molar-refractivity contribution in [3.8, 4) is 0 Å². The molecule has 0 amide bonds. The van der Waals surface area contributed by atoms with Crippen molar-refractivity contribution in [3.63, 3.8) is 0 Å². The standard InChI is InChI=1S/C17H17N3O3S2/c1-23-10-14(15(21)22)12-6-3-4-7-13(12)16(24-2)25-11-20-17-18-8-5-9-19-17/h3-11,16H,1-2H3,(H,21,22). The Hall–Kier alpha value is -2.32. The fourth-order valence-corrected chi connectivity index (χ4v) is 3.71. The molecule has 2 aromatic rings. The van der Waals surface area contributed by atoms with E-state index in [9.17, 15) is 9.90 Å². The van der Waals surface area contributed by atoms with Crippen LogP contribution in [0.25, 0.3) is 5.57 Å². The summed E-state index contributed by atoms with van der Waals surface area (Å²) in [5, 5.41) is 9.46. The van der Waals surface area contributed by atoms with Crippen molar-refractivity contribution in [1.29, 1.82) is 0 Å². The highest BCUT2D eigenvalue weighted by Gasteiger charge is 2.20. The first kappa shape index (κ1) is 19.0. The van der Waals surface area contributed by atoms with Crippen LogP contribution in [0, 0.1) is 0 Å². The van der Waals surface area contributed by atoms with Crippen LogP contribution in [0.5, 0.6) is 0 Å². The van der Waals surface area contributed by atoms with E-state index in [1.54, 1.807) is 47.9 Å². The number of thioether (sulfide) groups is 2. The Balaban J connectivity index is 2.27. The van der Waals surface area contributed by atoms with Crippen LogP contribution in [-0.4, -0.2) is 40.0 Å². The Kier molecular flexibility index (Phi) is 7.49. The number of nitrogens with zero attached hydrogens (tertiary/aromatic N) is 3. The molecule has 6 nitrogen and oxygen atoms in total. The lowest BCUT2D eigenvalue weighted by Gasteiger charge is -2.16. The maximum Gasteiger partial charge on any atom is 0.339 e. The Labute approximate surface area is 154 Å². The molecule has 2 rings (SSSR count). The van der Waals surface area contributed by atoms with Crippen LogP contribution < -0.4 is 0 Å². The summed E-state index contributed by atoms with van der Waals surface area (Å²) in [5.41, 5.74) is 3.29. The lowest BCUT2D eigenvalue weighted by atomic mass is 10.0. The maximum absolute atomic E-state index is 11.5. The Morgan fingerprint density at radius 3 is 2.64 bits per heavy atom. The van der Waals surface area contributed by atoms with Crippen LogP contribution in [-0.2, 0) is 9.53 Å². The molecule has 0 bridgehead atoms. The summed E-state index contributed by atoms with van der Waals surface area (Å²) in [5.74, 6) is -0.654. The second-order valence-corrected chi connectivity index (χ2v) is 6.84. The molecule has 0 aliphatic rings. The number of carboxylic acids is 1. The summed E-state index contributed by atoms with van der Waals surface area (Å²) in [4.78, 5) is 23.8. The van der Waals surface area contributed by atoms with Crippen molar-refractivity contribution in [3.05, 3.63) is 60.1 Å². The van der Waals surface area contributed by atoms with Gasteiger partial charge in [0.25, 0.3) is 0 Å². The van der Waals surface area contributed by atoms with Crippen LogP contribution >= 0.6 is 23.5 Å². The molecule has 8 heteroatoms. The van der Waals surface area contributed by atoms with Gasteiger partial charge < -0.3 is 9.84 Å². The average molecular weight is 375 g/mol. The van der Waals surface area contributed by atoms with Gasteiger partial charge in [-0.3, -0.25) is 0 Å². The zero-order chi connectivity index (χ0) is 18.1. The number of rotatable bonds is 8. The SMILES string of the molecule is COC=C(C(=O)O)c1ccccc1C(SC)SC=Nc1ncccn1. The first-order valence-electron chi connectivity index (χ1n) is 7.20. The second kappa shape index (κ2) is 9.85. The Morgan fingerprint density at radius 2 is 2.00 bits per heavy atom. The van der Waals surface area contributed by atoms with E-state index < -0.39 is 5.97 Å². The highest BCUT2D eigenvalue weighted by atomic mass is 32.2. The molecule has 1 N–H and O–H groups in total. The lowest BCUT2D eigenvalue weighted by molar-refractivity contribution is -0.130. The minimum atomic E-state index is -1.04. The number of benzene rings is 1. The third-order valence-electron chi connectivity index (χ3n) is 3.09. The van der Waals surface area contributed by atoms with E-state index in [-0.39, 0.29) is 10.2 Å². The fraction of sp³-hybridized carbons (Fsp3) is 0.176. The minimum absolute atomic E-state index is 0.0386. The predicted molar refractivity (Wildman–Crippen MR) is 103 cm³/mol. The number of carbonyl (C=O) groups is 1. The van der Waals surface area contributed by atoms with Crippen molar-refractivity contribution < 1.29 is 14.6 Å². The van der Waals surface area contributed by atoms with Gasteiger partial charge in [-0.25, -0.2) is 19.8 Å². The van der Waals surface area contributed by atoms with Crippen LogP contribution in [0.2, 0.25) is 0 Å². The van der Waals surface area contributed by atoms with Gasteiger partial charge in [0, 0.05) is 12.4 Å². The van der Waals surface area contributed by atoms with E-state index in [4.69, 9.17) is 4.74 Å². The van der Waals surface area contributed by atoms with E-state index in [1.807, 2.05) is 18.4 Å². The Bertz CT molecular complexity index is 767. The van der Waals surface area contributed by atoms with Crippen molar-refractivity contribution in [2.24, 2.45) is 4.99 Å². The molecular weight excluding hydrogens is 358 g/mol. The van der Waals surface area contributed by atoms with Crippen LogP contribution in [0.3, 0.4) is 0 Å². The Morgan fingerprint density at radius 1 is 1.28 bits per heavy atom. The van der Waals surface area contributed by atoms with Gasteiger partial charge >= 0.3 is 5.97 Å². The summed E-state index contributed by atoms with van der Waals surface area (Å²) in [6.45, 7) is 0. The third-order valence-corrected chi connectivity index (χ3v) is 5.41. The van der Waals surface area contributed by atoms with Crippen LogP contribution in [0.1, 0.15) is 15.7 Å².